The van der Waals surface area contributed by atoms with Gasteiger partial charge in [0.25, 0.3) is 0 Å². The Morgan fingerprint density at radius 1 is 1.25 bits per heavy atom. The fraction of sp³-hybridized carbons (Fsp3) is 0.312. The third kappa shape index (κ3) is 3.02. The number of phenols is 1. The molecule has 1 aromatic heterocycles. The standard InChI is InChI=1S/C16H21N3O/c1-11-5-6-16(20)13(9-11)12(2)18-14-10-17-8-7-15(14)19(3)4/h5-10,12,18,20H,1-4H3. The molecule has 0 aliphatic rings. The molecule has 1 atom stereocenters. The molecule has 0 aliphatic heterocycles. The maximum Gasteiger partial charge on any atom is 0.120 e. The van der Waals surface area contributed by atoms with E-state index in [1.807, 2.05) is 51.0 Å². The van der Waals surface area contributed by atoms with Crippen LogP contribution in [0.4, 0.5) is 11.4 Å². The molecule has 0 aliphatic carbocycles. The van der Waals surface area contributed by atoms with Crippen LogP contribution in [0.3, 0.4) is 0 Å². The summed E-state index contributed by atoms with van der Waals surface area (Å²) in [4.78, 5) is 6.20. The first kappa shape index (κ1) is 14.2. The molecule has 0 bridgehead atoms. The van der Waals surface area contributed by atoms with Crippen molar-refractivity contribution in [1.29, 1.82) is 0 Å². The maximum absolute atomic E-state index is 10.00. The number of nitrogens with zero attached hydrogens (tertiary/aromatic N) is 2. The maximum atomic E-state index is 10.00. The summed E-state index contributed by atoms with van der Waals surface area (Å²) in [5, 5.41) is 13.4. The number of rotatable bonds is 4. The molecular weight excluding hydrogens is 250 g/mol. The van der Waals surface area contributed by atoms with Gasteiger partial charge in [-0.2, -0.15) is 0 Å². The third-order valence-corrected chi connectivity index (χ3v) is 3.30. The van der Waals surface area contributed by atoms with Gasteiger partial charge in [-0.25, -0.2) is 0 Å². The van der Waals surface area contributed by atoms with Crippen LogP contribution in [0.25, 0.3) is 0 Å². The van der Waals surface area contributed by atoms with E-state index in [9.17, 15) is 5.11 Å². The third-order valence-electron chi connectivity index (χ3n) is 3.30. The fourth-order valence-electron chi connectivity index (χ4n) is 2.22. The Hall–Kier alpha value is -2.23. The highest BCUT2D eigenvalue weighted by Crippen LogP contribution is 2.31. The van der Waals surface area contributed by atoms with Crippen LogP contribution in [0.5, 0.6) is 5.75 Å². The van der Waals surface area contributed by atoms with E-state index in [-0.39, 0.29) is 6.04 Å². The molecule has 0 fully saturated rings. The van der Waals surface area contributed by atoms with Crippen LogP contribution >= 0.6 is 0 Å². The first-order valence-electron chi connectivity index (χ1n) is 6.66. The van der Waals surface area contributed by atoms with Gasteiger partial charge in [-0.05, 0) is 26.0 Å². The van der Waals surface area contributed by atoms with Crippen LogP contribution in [-0.4, -0.2) is 24.2 Å². The molecule has 1 aromatic carbocycles. The molecule has 0 amide bonds. The summed E-state index contributed by atoms with van der Waals surface area (Å²) in [5.41, 5.74) is 4.04. The van der Waals surface area contributed by atoms with Crippen molar-refractivity contribution >= 4 is 11.4 Å². The summed E-state index contributed by atoms with van der Waals surface area (Å²) in [7, 11) is 3.99. The highest BCUT2D eigenvalue weighted by Gasteiger charge is 2.13. The lowest BCUT2D eigenvalue weighted by Gasteiger charge is -2.22. The van der Waals surface area contributed by atoms with Crippen molar-refractivity contribution in [2.24, 2.45) is 0 Å². The Morgan fingerprint density at radius 2 is 2.00 bits per heavy atom. The first-order valence-corrected chi connectivity index (χ1v) is 6.66. The van der Waals surface area contributed by atoms with Crippen LogP contribution in [0, 0.1) is 6.92 Å². The van der Waals surface area contributed by atoms with Gasteiger partial charge in [0, 0.05) is 25.9 Å². The smallest absolute Gasteiger partial charge is 0.120 e. The minimum atomic E-state index is -0.00204. The van der Waals surface area contributed by atoms with E-state index in [0.717, 1.165) is 22.5 Å². The van der Waals surface area contributed by atoms with Crippen LogP contribution in [-0.2, 0) is 0 Å². The van der Waals surface area contributed by atoms with Crippen molar-refractivity contribution in [3.8, 4) is 5.75 Å². The van der Waals surface area contributed by atoms with Crippen molar-refractivity contribution in [3.63, 3.8) is 0 Å². The lowest BCUT2D eigenvalue weighted by atomic mass is 10.0. The zero-order chi connectivity index (χ0) is 14.7. The summed E-state index contributed by atoms with van der Waals surface area (Å²) < 4.78 is 0. The van der Waals surface area contributed by atoms with Gasteiger partial charge in [0.1, 0.15) is 5.75 Å². The zero-order valence-electron chi connectivity index (χ0n) is 12.4. The Kier molecular flexibility index (Phi) is 4.13. The normalized spacial score (nSPS) is 12.0. The lowest BCUT2D eigenvalue weighted by molar-refractivity contribution is 0.465. The monoisotopic (exact) mass is 271 g/mol. The average molecular weight is 271 g/mol. The van der Waals surface area contributed by atoms with E-state index < -0.39 is 0 Å². The molecular formula is C16H21N3O. The minimum absolute atomic E-state index is 0.00204. The second-order valence-electron chi connectivity index (χ2n) is 5.22. The van der Waals surface area contributed by atoms with Crippen molar-refractivity contribution < 1.29 is 5.11 Å². The SMILES string of the molecule is Cc1ccc(O)c(C(C)Nc2cnccc2N(C)C)c1. The minimum Gasteiger partial charge on any atom is -0.508 e. The quantitative estimate of drug-likeness (QED) is 0.895. The molecule has 2 aromatic rings. The molecule has 0 saturated heterocycles. The van der Waals surface area contributed by atoms with Gasteiger partial charge in [0.15, 0.2) is 0 Å². The molecule has 2 rings (SSSR count). The predicted molar refractivity (Wildman–Crippen MR) is 83.4 cm³/mol. The Morgan fingerprint density at radius 3 is 2.70 bits per heavy atom. The number of anilines is 2. The molecule has 0 radical (unpaired) electrons. The zero-order valence-corrected chi connectivity index (χ0v) is 12.4. The van der Waals surface area contributed by atoms with E-state index >= 15 is 0 Å². The van der Waals surface area contributed by atoms with E-state index in [1.54, 1.807) is 18.5 Å². The summed E-state index contributed by atoms with van der Waals surface area (Å²) in [6, 6.07) is 7.60. The topological polar surface area (TPSA) is 48.4 Å². The van der Waals surface area contributed by atoms with Crippen molar-refractivity contribution in [2.45, 2.75) is 19.9 Å². The van der Waals surface area contributed by atoms with E-state index in [2.05, 4.69) is 10.3 Å². The molecule has 0 spiro atoms. The molecule has 0 saturated carbocycles. The number of aromatic hydroxyl groups is 1. The summed E-state index contributed by atoms with van der Waals surface area (Å²) in [6.07, 6.45) is 3.58. The number of hydrogen-bond donors (Lipinski definition) is 2. The van der Waals surface area contributed by atoms with Crippen LogP contribution in [0.15, 0.2) is 36.7 Å². The molecule has 1 unspecified atom stereocenters. The molecule has 1 heterocycles. The second kappa shape index (κ2) is 5.82. The van der Waals surface area contributed by atoms with Crippen molar-refractivity contribution in [2.75, 3.05) is 24.3 Å². The number of pyridine rings is 1. The molecule has 4 heteroatoms. The second-order valence-corrected chi connectivity index (χ2v) is 5.22. The molecule has 2 N–H and O–H groups in total. The number of phenolic OH excluding ortho intramolecular Hbond substituents is 1. The van der Waals surface area contributed by atoms with Crippen LogP contribution in [0.2, 0.25) is 0 Å². The number of benzene rings is 1. The average Bonchev–Trinajstić information content (AvgIpc) is 2.41. The van der Waals surface area contributed by atoms with Gasteiger partial charge < -0.3 is 15.3 Å². The Balaban J connectivity index is 2.28. The number of nitrogens with one attached hydrogen (secondary N) is 1. The largest absolute Gasteiger partial charge is 0.508 e. The summed E-state index contributed by atoms with van der Waals surface area (Å²) in [6.45, 7) is 4.05. The van der Waals surface area contributed by atoms with Gasteiger partial charge in [0.05, 0.1) is 23.6 Å². The fourth-order valence-corrected chi connectivity index (χ4v) is 2.22. The first-order chi connectivity index (χ1) is 9.49. The number of aryl methyl sites for hydroxylation is 1. The molecule has 4 nitrogen and oxygen atoms in total. The van der Waals surface area contributed by atoms with Gasteiger partial charge in [-0.1, -0.05) is 17.7 Å². The predicted octanol–water partition coefficient (Wildman–Crippen LogP) is 3.33. The lowest BCUT2D eigenvalue weighted by Crippen LogP contribution is -2.14. The number of hydrogen-bond acceptors (Lipinski definition) is 4. The number of aromatic nitrogens is 1. The van der Waals surface area contributed by atoms with Crippen molar-refractivity contribution in [3.05, 3.63) is 47.8 Å². The summed E-state index contributed by atoms with van der Waals surface area (Å²) in [5.74, 6) is 0.311. The van der Waals surface area contributed by atoms with E-state index in [0.29, 0.717) is 5.75 Å². The highest BCUT2D eigenvalue weighted by atomic mass is 16.3. The Bertz CT molecular complexity index is 596. The van der Waals surface area contributed by atoms with Gasteiger partial charge >= 0.3 is 0 Å². The van der Waals surface area contributed by atoms with Crippen molar-refractivity contribution in [1.82, 2.24) is 4.98 Å². The van der Waals surface area contributed by atoms with Gasteiger partial charge in [-0.15, -0.1) is 0 Å². The molecule has 20 heavy (non-hydrogen) atoms. The highest BCUT2D eigenvalue weighted by molar-refractivity contribution is 5.68. The summed E-state index contributed by atoms with van der Waals surface area (Å²) >= 11 is 0. The van der Waals surface area contributed by atoms with E-state index in [4.69, 9.17) is 0 Å². The Labute approximate surface area is 120 Å². The van der Waals surface area contributed by atoms with Gasteiger partial charge in [0.2, 0.25) is 0 Å². The van der Waals surface area contributed by atoms with Crippen LogP contribution < -0.4 is 10.2 Å². The molecule has 106 valence electrons. The van der Waals surface area contributed by atoms with Crippen LogP contribution in [0.1, 0.15) is 24.1 Å². The van der Waals surface area contributed by atoms with Gasteiger partial charge in [-0.3, -0.25) is 4.98 Å². The van der Waals surface area contributed by atoms with E-state index in [1.165, 1.54) is 0 Å².